The summed E-state index contributed by atoms with van der Waals surface area (Å²) in [4.78, 5) is 0. The standard InChI is InChI=1S/C12H8BrF3/c1-2-11(3-4-11)8-5-9(12(14,15)16)7-10(13)6-8/h1,5-7H,3-4H2. The third kappa shape index (κ3) is 1.97. The van der Waals surface area contributed by atoms with Crippen molar-refractivity contribution in [2.75, 3.05) is 0 Å². The Kier molecular flexibility index (Phi) is 2.54. The van der Waals surface area contributed by atoms with E-state index in [-0.39, 0.29) is 0 Å². The summed E-state index contributed by atoms with van der Waals surface area (Å²) < 4.78 is 38.2. The molecular weight excluding hydrogens is 281 g/mol. The molecule has 16 heavy (non-hydrogen) atoms. The molecule has 1 aliphatic carbocycles. The van der Waals surface area contributed by atoms with Crippen molar-refractivity contribution in [3.63, 3.8) is 0 Å². The van der Waals surface area contributed by atoms with Crippen LogP contribution in [0.1, 0.15) is 24.0 Å². The van der Waals surface area contributed by atoms with Crippen LogP contribution < -0.4 is 0 Å². The van der Waals surface area contributed by atoms with E-state index in [1.54, 1.807) is 6.07 Å². The molecule has 0 nitrogen and oxygen atoms in total. The van der Waals surface area contributed by atoms with Gasteiger partial charge < -0.3 is 0 Å². The lowest BCUT2D eigenvalue weighted by atomic mass is 9.95. The molecule has 0 aromatic heterocycles. The van der Waals surface area contributed by atoms with E-state index in [1.165, 1.54) is 0 Å². The zero-order chi connectivity index (χ0) is 12.0. The highest BCUT2D eigenvalue weighted by molar-refractivity contribution is 9.10. The van der Waals surface area contributed by atoms with Crippen molar-refractivity contribution in [2.45, 2.75) is 24.4 Å². The average molecular weight is 289 g/mol. The molecule has 0 spiro atoms. The molecule has 1 aromatic carbocycles. The third-order valence-electron chi connectivity index (χ3n) is 2.80. The van der Waals surface area contributed by atoms with Crippen molar-refractivity contribution < 1.29 is 13.2 Å². The minimum absolute atomic E-state index is 0.416. The Morgan fingerprint density at radius 3 is 2.31 bits per heavy atom. The first-order valence-electron chi connectivity index (χ1n) is 4.73. The van der Waals surface area contributed by atoms with Gasteiger partial charge in [0.1, 0.15) is 0 Å². The Morgan fingerprint density at radius 2 is 1.88 bits per heavy atom. The summed E-state index contributed by atoms with van der Waals surface area (Å²) >= 11 is 3.09. The van der Waals surface area contributed by atoms with Crippen LogP contribution in [0.15, 0.2) is 22.7 Å². The summed E-state index contributed by atoms with van der Waals surface area (Å²) in [6, 6.07) is 3.88. The van der Waals surface area contributed by atoms with Gasteiger partial charge in [0, 0.05) is 4.47 Å². The second-order valence-corrected chi connectivity index (χ2v) is 4.87. The van der Waals surface area contributed by atoms with Crippen LogP contribution in [0.4, 0.5) is 13.2 Å². The fourth-order valence-corrected chi connectivity index (χ4v) is 2.16. The molecule has 84 valence electrons. The van der Waals surface area contributed by atoms with Gasteiger partial charge in [-0.2, -0.15) is 13.2 Å². The largest absolute Gasteiger partial charge is 0.416 e. The van der Waals surface area contributed by atoms with Gasteiger partial charge in [-0.25, -0.2) is 0 Å². The van der Waals surface area contributed by atoms with Crippen LogP contribution >= 0.6 is 15.9 Å². The molecule has 0 bridgehead atoms. The molecule has 2 rings (SSSR count). The molecule has 1 aromatic rings. The maximum absolute atomic E-state index is 12.6. The van der Waals surface area contributed by atoms with Crippen molar-refractivity contribution in [3.05, 3.63) is 33.8 Å². The quantitative estimate of drug-likeness (QED) is 0.682. The molecule has 0 amide bonds. The number of benzene rings is 1. The smallest absolute Gasteiger partial charge is 0.166 e. The monoisotopic (exact) mass is 288 g/mol. The molecule has 0 N–H and O–H groups in total. The number of alkyl halides is 3. The zero-order valence-corrected chi connectivity index (χ0v) is 9.82. The summed E-state index contributed by atoms with van der Waals surface area (Å²) in [5.74, 6) is 2.59. The van der Waals surface area contributed by atoms with Crippen LogP contribution in [-0.4, -0.2) is 0 Å². The Labute approximate surface area is 100.0 Å². The Balaban J connectivity index is 2.50. The van der Waals surface area contributed by atoms with Gasteiger partial charge >= 0.3 is 6.18 Å². The predicted octanol–water partition coefficient (Wildman–Crippen LogP) is 4.13. The highest BCUT2D eigenvalue weighted by Crippen LogP contribution is 2.49. The van der Waals surface area contributed by atoms with E-state index in [0.29, 0.717) is 10.0 Å². The van der Waals surface area contributed by atoms with Crippen molar-refractivity contribution in [1.29, 1.82) is 0 Å². The average Bonchev–Trinajstić information content (AvgIpc) is 2.96. The van der Waals surface area contributed by atoms with E-state index in [0.717, 1.165) is 25.0 Å². The van der Waals surface area contributed by atoms with E-state index >= 15 is 0 Å². The fourth-order valence-electron chi connectivity index (χ4n) is 1.67. The summed E-state index contributed by atoms with van der Waals surface area (Å²) in [6.07, 6.45) is 2.56. The van der Waals surface area contributed by atoms with Gasteiger partial charge in [0.25, 0.3) is 0 Å². The minimum atomic E-state index is -4.33. The van der Waals surface area contributed by atoms with Crippen LogP contribution in [0.3, 0.4) is 0 Å². The molecule has 1 saturated carbocycles. The maximum Gasteiger partial charge on any atom is 0.416 e. The van der Waals surface area contributed by atoms with Crippen LogP contribution in [0, 0.1) is 12.3 Å². The molecule has 0 saturated heterocycles. The van der Waals surface area contributed by atoms with E-state index in [2.05, 4.69) is 21.9 Å². The molecule has 0 atom stereocenters. The predicted molar refractivity (Wildman–Crippen MR) is 58.9 cm³/mol. The van der Waals surface area contributed by atoms with Crippen molar-refractivity contribution >= 4 is 15.9 Å². The van der Waals surface area contributed by atoms with Crippen molar-refractivity contribution in [3.8, 4) is 12.3 Å². The van der Waals surface area contributed by atoms with Crippen LogP contribution in [0.25, 0.3) is 0 Å². The minimum Gasteiger partial charge on any atom is -0.166 e. The molecule has 0 heterocycles. The lowest BCUT2D eigenvalue weighted by Gasteiger charge is -2.13. The SMILES string of the molecule is C#CC1(c2cc(Br)cc(C(F)(F)F)c2)CC1. The summed E-state index contributed by atoms with van der Waals surface area (Å²) in [6.45, 7) is 0. The number of hydrogen-bond acceptors (Lipinski definition) is 0. The second-order valence-electron chi connectivity index (χ2n) is 3.95. The van der Waals surface area contributed by atoms with Gasteiger partial charge in [-0.05, 0) is 36.6 Å². The molecular formula is C12H8BrF3. The molecule has 0 unspecified atom stereocenters. The first kappa shape index (κ1) is 11.5. The molecule has 1 fully saturated rings. The van der Waals surface area contributed by atoms with E-state index in [4.69, 9.17) is 6.42 Å². The van der Waals surface area contributed by atoms with Gasteiger partial charge in [-0.15, -0.1) is 6.42 Å². The van der Waals surface area contributed by atoms with E-state index in [1.807, 2.05) is 0 Å². The highest BCUT2D eigenvalue weighted by Gasteiger charge is 2.44. The molecule has 0 aliphatic heterocycles. The lowest BCUT2D eigenvalue weighted by Crippen LogP contribution is -2.09. The van der Waals surface area contributed by atoms with Crippen molar-refractivity contribution in [2.24, 2.45) is 0 Å². The highest BCUT2D eigenvalue weighted by atomic mass is 79.9. The number of rotatable bonds is 1. The number of terminal acetylenes is 1. The van der Waals surface area contributed by atoms with Gasteiger partial charge in [-0.3, -0.25) is 0 Å². The molecule has 1 aliphatic rings. The molecule has 0 radical (unpaired) electrons. The van der Waals surface area contributed by atoms with Gasteiger partial charge in [-0.1, -0.05) is 21.9 Å². The summed E-state index contributed by atoms with van der Waals surface area (Å²) in [5, 5.41) is 0. The van der Waals surface area contributed by atoms with E-state index < -0.39 is 17.2 Å². The first-order chi connectivity index (χ1) is 7.37. The number of halogens is 4. The zero-order valence-electron chi connectivity index (χ0n) is 8.24. The topological polar surface area (TPSA) is 0 Å². The van der Waals surface area contributed by atoms with E-state index in [9.17, 15) is 13.2 Å². The second kappa shape index (κ2) is 3.53. The normalized spacial score (nSPS) is 17.9. The Hall–Kier alpha value is -0.950. The van der Waals surface area contributed by atoms with Gasteiger partial charge in [0.15, 0.2) is 0 Å². The van der Waals surface area contributed by atoms with Crippen LogP contribution in [-0.2, 0) is 11.6 Å². The van der Waals surface area contributed by atoms with Crippen LogP contribution in [0.5, 0.6) is 0 Å². The summed E-state index contributed by atoms with van der Waals surface area (Å²) in [5.41, 5.74) is -0.542. The number of hydrogen-bond donors (Lipinski definition) is 0. The summed E-state index contributed by atoms with van der Waals surface area (Å²) in [7, 11) is 0. The molecule has 4 heteroatoms. The fraction of sp³-hybridized carbons (Fsp3) is 0.333. The maximum atomic E-state index is 12.6. The van der Waals surface area contributed by atoms with Gasteiger partial charge in [0.2, 0.25) is 0 Å². The Morgan fingerprint density at radius 1 is 1.25 bits per heavy atom. The first-order valence-corrected chi connectivity index (χ1v) is 5.53. The van der Waals surface area contributed by atoms with Crippen LogP contribution in [0.2, 0.25) is 0 Å². The van der Waals surface area contributed by atoms with Gasteiger partial charge in [0.05, 0.1) is 11.0 Å². The third-order valence-corrected chi connectivity index (χ3v) is 3.26. The Bertz CT molecular complexity index is 464. The lowest BCUT2D eigenvalue weighted by molar-refractivity contribution is -0.137. The van der Waals surface area contributed by atoms with Crippen molar-refractivity contribution in [1.82, 2.24) is 0 Å².